The zero-order valence-corrected chi connectivity index (χ0v) is 17.4. The summed E-state index contributed by atoms with van der Waals surface area (Å²) in [6, 6.07) is 18.4. The maximum Gasteiger partial charge on any atom is 0.266 e. The van der Waals surface area contributed by atoms with Gasteiger partial charge in [-0.15, -0.1) is 0 Å². The van der Waals surface area contributed by atoms with Crippen molar-refractivity contribution in [2.45, 2.75) is 19.0 Å². The number of aromatic nitrogens is 2. The van der Waals surface area contributed by atoms with Crippen molar-refractivity contribution in [3.8, 4) is 5.69 Å². The van der Waals surface area contributed by atoms with E-state index in [0.717, 1.165) is 11.1 Å². The van der Waals surface area contributed by atoms with Gasteiger partial charge in [0.25, 0.3) is 5.56 Å². The highest BCUT2D eigenvalue weighted by atomic mass is 32.2. The molecule has 0 bridgehead atoms. The van der Waals surface area contributed by atoms with E-state index in [4.69, 9.17) is 0 Å². The molecule has 0 saturated carbocycles. The molecule has 4 rings (SSSR count). The van der Waals surface area contributed by atoms with E-state index in [2.05, 4.69) is 4.98 Å². The Balaban J connectivity index is 1.77. The molecular weight excluding hydrogens is 399 g/mol. The van der Waals surface area contributed by atoms with Gasteiger partial charge in [0.2, 0.25) is 0 Å². The number of carbonyl (C=O) groups excluding carboxylic acids is 1. The first-order valence-corrected chi connectivity index (χ1v) is 10.4. The summed E-state index contributed by atoms with van der Waals surface area (Å²) in [5, 5.41) is 0.961. The number of fused-ring (bicyclic) bond motifs is 1. The highest BCUT2D eigenvalue weighted by Crippen LogP contribution is 2.23. The minimum atomic E-state index is -0.390. The Morgan fingerprint density at radius 2 is 1.73 bits per heavy atom. The van der Waals surface area contributed by atoms with E-state index in [1.165, 1.54) is 36.0 Å². The Kier molecular flexibility index (Phi) is 5.50. The van der Waals surface area contributed by atoms with Crippen LogP contribution in [0.15, 0.2) is 76.7 Å². The number of rotatable bonds is 5. The van der Waals surface area contributed by atoms with Gasteiger partial charge in [-0.2, -0.15) is 0 Å². The Bertz CT molecular complexity index is 1310. The van der Waals surface area contributed by atoms with Crippen molar-refractivity contribution in [3.63, 3.8) is 0 Å². The largest absolute Gasteiger partial charge is 0.293 e. The highest BCUT2D eigenvalue weighted by Gasteiger charge is 2.16. The van der Waals surface area contributed by atoms with Crippen molar-refractivity contribution in [1.29, 1.82) is 0 Å². The number of thioether (sulfide) groups is 1. The summed E-state index contributed by atoms with van der Waals surface area (Å²) < 4.78 is 14.7. The van der Waals surface area contributed by atoms with Crippen molar-refractivity contribution in [1.82, 2.24) is 9.55 Å². The predicted molar refractivity (Wildman–Crippen MR) is 118 cm³/mol. The number of ketones is 1. The van der Waals surface area contributed by atoms with Crippen LogP contribution in [0.25, 0.3) is 16.6 Å². The second-order valence-electron chi connectivity index (χ2n) is 7.04. The third kappa shape index (κ3) is 3.91. The van der Waals surface area contributed by atoms with Crippen LogP contribution in [0.3, 0.4) is 0 Å². The van der Waals surface area contributed by atoms with Gasteiger partial charge in [-0.1, -0.05) is 30.0 Å². The second kappa shape index (κ2) is 8.24. The van der Waals surface area contributed by atoms with E-state index < -0.39 is 0 Å². The topological polar surface area (TPSA) is 52.0 Å². The maximum absolute atomic E-state index is 13.3. The molecule has 0 fully saturated rings. The molecule has 0 spiro atoms. The highest BCUT2D eigenvalue weighted by molar-refractivity contribution is 7.99. The number of para-hydroxylation sites is 1. The minimum Gasteiger partial charge on any atom is -0.293 e. The fraction of sp³-hybridized carbons (Fsp3) is 0.125. The quantitative estimate of drug-likeness (QED) is 0.257. The molecule has 4 nitrogen and oxygen atoms in total. The number of nitrogens with zero attached hydrogens (tertiary/aromatic N) is 2. The zero-order chi connectivity index (χ0) is 21.3. The van der Waals surface area contributed by atoms with Crippen LogP contribution >= 0.6 is 11.8 Å². The van der Waals surface area contributed by atoms with Gasteiger partial charge < -0.3 is 0 Å². The second-order valence-corrected chi connectivity index (χ2v) is 7.98. The van der Waals surface area contributed by atoms with Crippen LogP contribution in [0.4, 0.5) is 4.39 Å². The Morgan fingerprint density at radius 1 is 1.00 bits per heavy atom. The number of halogens is 1. The average Bonchev–Trinajstić information content (AvgIpc) is 2.75. The lowest BCUT2D eigenvalue weighted by Crippen LogP contribution is -2.22. The van der Waals surface area contributed by atoms with Crippen LogP contribution in [-0.4, -0.2) is 21.1 Å². The molecule has 0 aliphatic heterocycles. The first-order chi connectivity index (χ1) is 14.4. The molecule has 0 aliphatic carbocycles. The van der Waals surface area contributed by atoms with E-state index >= 15 is 0 Å². The number of aryl methyl sites for hydroxylation is 2. The van der Waals surface area contributed by atoms with E-state index in [9.17, 15) is 14.0 Å². The van der Waals surface area contributed by atoms with Gasteiger partial charge in [-0.05, 0) is 73.5 Å². The Morgan fingerprint density at radius 3 is 2.47 bits per heavy atom. The van der Waals surface area contributed by atoms with Gasteiger partial charge in [-0.25, -0.2) is 9.37 Å². The van der Waals surface area contributed by atoms with Crippen LogP contribution in [0.5, 0.6) is 0 Å². The van der Waals surface area contributed by atoms with Crippen LogP contribution in [0.1, 0.15) is 21.5 Å². The summed E-state index contributed by atoms with van der Waals surface area (Å²) in [6.45, 7) is 4.00. The molecule has 30 heavy (non-hydrogen) atoms. The first kappa shape index (κ1) is 20.0. The van der Waals surface area contributed by atoms with Gasteiger partial charge in [0.05, 0.1) is 22.3 Å². The molecule has 150 valence electrons. The van der Waals surface area contributed by atoms with Crippen LogP contribution in [-0.2, 0) is 0 Å². The van der Waals surface area contributed by atoms with Crippen molar-refractivity contribution in [2.24, 2.45) is 0 Å². The number of Topliss-reactive ketones (excluding diaryl/α,β-unsaturated/α-hetero) is 1. The molecule has 0 saturated heterocycles. The van der Waals surface area contributed by atoms with E-state index in [0.29, 0.717) is 27.3 Å². The Labute approximate surface area is 177 Å². The maximum atomic E-state index is 13.3. The molecule has 0 aliphatic rings. The van der Waals surface area contributed by atoms with Gasteiger partial charge >= 0.3 is 0 Å². The Hall–Kier alpha value is -3.25. The lowest BCUT2D eigenvalue weighted by Gasteiger charge is -2.14. The van der Waals surface area contributed by atoms with Gasteiger partial charge in [0, 0.05) is 5.56 Å². The third-order valence-corrected chi connectivity index (χ3v) is 5.93. The fourth-order valence-corrected chi connectivity index (χ4v) is 4.06. The predicted octanol–water partition coefficient (Wildman–Crippen LogP) is 5.12. The minimum absolute atomic E-state index is 0.0846. The average molecular weight is 418 g/mol. The van der Waals surface area contributed by atoms with Crippen LogP contribution in [0, 0.1) is 19.7 Å². The monoisotopic (exact) mass is 418 g/mol. The molecule has 4 aromatic rings. The molecule has 1 aromatic heterocycles. The smallest absolute Gasteiger partial charge is 0.266 e. The molecule has 0 amide bonds. The van der Waals surface area contributed by atoms with E-state index in [1.807, 2.05) is 38.1 Å². The number of benzene rings is 3. The lowest BCUT2D eigenvalue weighted by atomic mass is 10.1. The van der Waals surface area contributed by atoms with Gasteiger partial charge in [0.15, 0.2) is 10.9 Å². The number of carbonyl (C=O) groups is 1. The zero-order valence-electron chi connectivity index (χ0n) is 16.6. The van der Waals surface area contributed by atoms with Crippen LogP contribution < -0.4 is 5.56 Å². The summed E-state index contributed by atoms with van der Waals surface area (Å²) in [5.41, 5.74) is 3.72. The van der Waals surface area contributed by atoms with E-state index in [1.54, 1.807) is 22.8 Å². The fourth-order valence-electron chi connectivity index (χ4n) is 3.15. The standard InChI is InChI=1S/C24H19FN2O2S/c1-15-7-12-19(13-16(15)2)27-23(29)20-5-3-4-6-21(20)26-24(27)30-14-22(28)17-8-10-18(25)11-9-17/h3-13H,14H2,1-2H3. The number of hydrogen-bond acceptors (Lipinski definition) is 4. The molecule has 6 heteroatoms. The molecule has 0 radical (unpaired) electrons. The lowest BCUT2D eigenvalue weighted by molar-refractivity contribution is 0.102. The number of hydrogen-bond donors (Lipinski definition) is 0. The van der Waals surface area contributed by atoms with Crippen molar-refractivity contribution < 1.29 is 9.18 Å². The summed E-state index contributed by atoms with van der Waals surface area (Å²) >= 11 is 1.20. The molecular formula is C24H19FN2O2S. The summed E-state index contributed by atoms with van der Waals surface area (Å²) in [6.07, 6.45) is 0. The SMILES string of the molecule is Cc1ccc(-n2c(SCC(=O)c3ccc(F)cc3)nc3ccccc3c2=O)cc1C. The molecule has 0 atom stereocenters. The van der Waals surface area contributed by atoms with Crippen LogP contribution in [0.2, 0.25) is 0 Å². The first-order valence-electron chi connectivity index (χ1n) is 9.45. The molecule has 1 heterocycles. The summed E-state index contributed by atoms with van der Waals surface area (Å²) in [4.78, 5) is 30.5. The molecule has 3 aromatic carbocycles. The van der Waals surface area contributed by atoms with Crippen molar-refractivity contribution in [3.05, 3.63) is 99.6 Å². The summed E-state index contributed by atoms with van der Waals surface area (Å²) in [5.74, 6) is -0.464. The van der Waals surface area contributed by atoms with Gasteiger partial charge in [-0.3, -0.25) is 14.2 Å². The summed E-state index contributed by atoms with van der Waals surface area (Å²) in [7, 11) is 0. The van der Waals surface area contributed by atoms with E-state index in [-0.39, 0.29) is 22.9 Å². The molecule has 0 N–H and O–H groups in total. The third-order valence-electron chi connectivity index (χ3n) is 4.99. The van der Waals surface area contributed by atoms with Crippen molar-refractivity contribution in [2.75, 3.05) is 5.75 Å². The normalized spacial score (nSPS) is 11.0. The van der Waals surface area contributed by atoms with Gasteiger partial charge in [0.1, 0.15) is 5.82 Å². The van der Waals surface area contributed by atoms with Crippen molar-refractivity contribution >= 4 is 28.4 Å². The molecule has 0 unspecified atom stereocenters.